The van der Waals surface area contributed by atoms with E-state index in [1.807, 2.05) is 0 Å². The van der Waals surface area contributed by atoms with Crippen LogP contribution in [0.3, 0.4) is 0 Å². The first kappa shape index (κ1) is 39.6. The average molecular weight is 913 g/mol. The van der Waals surface area contributed by atoms with Crippen molar-refractivity contribution in [2.45, 2.75) is 10.8 Å². The number of aromatic nitrogens is 1. The standard InChI is InChI=1S/C70H44N2/c1-3-21-48(22-4-1)69(49-23-5-2-6-24-49)61-41-35-46-19-9-10-25-53(46)67(61)58-40-38-52(44-64(58)69)71(50-36-34-45-18-7-8-20-47(45)42-50)51-37-39-55-54-26-11-13-29-59(54)70(63(55)43-51)60-30-14-16-33-66(60)72-65-32-15-12-27-56(65)57-28-17-31-62(70)68(57)72/h1-44H. The van der Waals surface area contributed by atoms with Crippen LogP contribution in [-0.2, 0) is 10.8 Å². The van der Waals surface area contributed by atoms with E-state index in [0.29, 0.717) is 0 Å². The number of benzene rings is 12. The van der Waals surface area contributed by atoms with Gasteiger partial charge in [0.15, 0.2) is 0 Å². The zero-order chi connectivity index (χ0) is 47.1. The van der Waals surface area contributed by atoms with E-state index in [-0.39, 0.29) is 0 Å². The van der Waals surface area contributed by atoms with Gasteiger partial charge in [0.25, 0.3) is 0 Å². The van der Waals surface area contributed by atoms with Crippen molar-refractivity contribution in [3.05, 3.63) is 311 Å². The molecule has 3 aliphatic rings. The third kappa shape index (κ3) is 5.03. The van der Waals surface area contributed by atoms with Crippen LogP contribution in [0, 0.1) is 0 Å². The molecule has 0 saturated carbocycles. The van der Waals surface area contributed by atoms with Gasteiger partial charge < -0.3 is 9.47 Å². The predicted molar refractivity (Wildman–Crippen MR) is 299 cm³/mol. The zero-order valence-corrected chi connectivity index (χ0v) is 39.3. The fraction of sp³-hybridized carbons (Fsp3) is 0.0286. The quantitative estimate of drug-likeness (QED) is 0.167. The molecule has 2 heterocycles. The Morgan fingerprint density at radius 1 is 0.292 bits per heavy atom. The largest absolute Gasteiger partial charge is 0.310 e. The Bertz CT molecular complexity index is 4370. The summed E-state index contributed by atoms with van der Waals surface area (Å²) < 4.78 is 2.53. The summed E-state index contributed by atoms with van der Waals surface area (Å²) in [5.41, 5.74) is 21.3. The lowest BCUT2D eigenvalue weighted by Gasteiger charge is -2.40. The Hall–Kier alpha value is -9.24. The molecule has 0 bridgehead atoms. The highest BCUT2D eigenvalue weighted by Crippen LogP contribution is 2.63. The van der Waals surface area contributed by atoms with Crippen LogP contribution < -0.4 is 4.90 Å². The Morgan fingerprint density at radius 3 is 1.62 bits per heavy atom. The van der Waals surface area contributed by atoms with Gasteiger partial charge in [-0.3, -0.25) is 0 Å². The number of hydrogen-bond donors (Lipinski definition) is 0. The lowest BCUT2D eigenvalue weighted by molar-refractivity contribution is 0.748. The van der Waals surface area contributed by atoms with Gasteiger partial charge in [0.1, 0.15) is 0 Å². The molecule has 0 fully saturated rings. The van der Waals surface area contributed by atoms with Crippen molar-refractivity contribution in [2.24, 2.45) is 0 Å². The molecule has 1 atom stereocenters. The average Bonchev–Trinajstić information content (AvgIpc) is 4.06. The van der Waals surface area contributed by atoms with Crippen molar-refractivity contribution in [2.75, 3.05) is 4.90 Å². The zero-order valence-electron chi connectivity index (χ0n) is 39.3. The molecule has 1 unspecified atom stereocenters. The highest BCUT2D eigenvalue weighted by atomic mass is 15.1. The van der Waals surface area contributed by atoms with E-state index in [1.54, 1.807) is 0 Å². The molecule has 0 amide bonds. The number of para-hydroxylation sites is 3. The maximum absolute atomic E-state index is 2.54. The molecule has 72 heavy (non-hydrogen) atoms. The molecule has 0 N–H and O–H groups in total. The Kier molecular flexibility index (Phi) is 8.05. The lowest BCUT2D eigenvalue weighted by atomic mass is 9.65. The summed E-state index contributed by atoms with van der Waals surface area (Å²) in [4.78, 5) is 2.53. The number of rotatable bonds is 5. The first-order chi connectivity index (χ1) is 35.7. The smallest absolute Gasteiger partial charge is 0.0755 e. The monoisotopic (exact) mass is 912 g/mol. The van der Waals surface area contributed by atoms with Crippen molar-refractivity contribution in [1.29, 1.82) is 0 Å². The second-order valence-electron chi connectivity index (χ2n) is 19.9. The molecular formula is C70H44N2. The van der Waals surface area contributed by atoms with Gasteiger partial charge >= 0.3 is 0 Å². The molecule has 13 aromatic rings. The van der Waals surface area contributed by atoms with Gasteiger partial charge in [-0.25, -0.2) is 0 Å². The van der Waals surface area contributed by atoms with Crippen LogP contribution in [-0.4, -0.2) is 4.57 Å². The van der Waals surface area contributed by atoms with Gasteiger partial charge in [0, 0.05) is 27.8 Å². The summed E-state index contributed by atoms with van der Waals surface area (Å²) in [6, 6.07) is 101. The summed E-state index contributed by atoms with van der Waals surface area (Å²) in [5.74, 6) is 0. The van der Waals surface area contributed by atoms with Crippen LogP contribution in [0.5, 0.6) is 0 Å². The van der Waals surface area contributed by atoms with Crippen molar-refractivity contribution in [3.63, 3.8) is 0 Å². The van der Waals surface area contributed by atoms with E-state index in [0.717, 1.165) is 17.1 Å². The molecule has 334 valence electrons. The molecule has 0 saturated heterocycles. The van der Waals surface area contributed by atoms with Crippen LogP contribution in [0.4, 0.5) is 17.1 Å². The summed E-state index contributed by atoms with van der Waals surface area (Å²) in [5, 5.41) is 7.50. The highest BCUT2D eigenvalue weighted by molar-refractivity contribution is 6.13. The maximum Gasteiger partial charge on any atom is 0.0755 e. The number of hydrogen-bond acceptors (Lipinski definition) is 1. The van der Waals surface area contributed by atoms with Gasteiger partial charge in [-0.05, 0) is 137 Å². The number of nitrogens with zero attached hydrogens (tertiary/aromatic N) is 2. The molecule has 16 rings (SSSR count). The van der Waals surface area contributed by atoms with Crippen LogP contribution in [0.1, 0.15) is 44.5 Å². The first-order valence-electron chi connectivity index (χ1n) is 25.2. The Labute approximate surface area is 418 Å². The second-order valence-corrected chi connectivity index (χ2v) is 19.9. The van der Waals surface area contributed by atoms with Crippen LogP contribution in [0.25, 0.3) is 71.3 Å². The Balaban J connectivity index is 1.00. The summed E-state index contributed by atoms with van der Waals surface area (Å²) in [6.45, 7) is 0. The third-order valence-electron chi connectivity index (χ3n) is 16.6. The SMILES string of the molecule is c1ccc(C2(c3ccccc3)c3cc(N(c4ccc5c(c4)C4(c6ccccc6-5)c5ccccc5-n5c6ccccc6c6cccc4c65)c4ccc5ccccc5c4)ccc3-c3c2ccc2ccccc32)cc1. The van der Waals surface area contributed by atoms with Gasteiger partial charge in [-0.1, -0.05) is 218 Å². The summed E-state index contributed by atoms with van der Waals surface area (Å²) >= 11 is 0. The summed E-state index contributed by atoms with van der Waals surface area (Å²) in [6.07, 6.45) is 0. The van der Waals surface area contributed by atoms with E-state index in [2.05, 4.69) is 276 Å². The van der Waals surface area contributed by atoms with E-state index in [1.165, 1.54) is 116 Å². The molecule has 2 heteroatoms. The van der Waals surface area contributed by atoms with Crippen LogP contribution >= 0.6 is 0 Å². The molecule has 12 aromatic carbocycles. The Morgan fingerprint density at radius 2 is 0.833 bits per heavy atom. The van der Waals surface area contributed by atoms with E-state index in [4.69, 9.17) is 0 Å². The first-order valence-corrected chi connectivity index (χ1v) is 25.2. The molecule has 2 aliphatic carbocycles. The molecule has 1 spiro atoms. The van der Waals surface area contributed by atoms with Crippen molar-refractivity contribution >= 4 is 60.4 Å². The van der Waals surface area contributed by atoms with Crippen molar-refractivity contribution in [1.82, 2.24) is 4.57 Å². The van der Waals surface area contributed by atoms with Crippen molar-refractivity contribution in [3.8, 4) is 27.9 Å². The number of fused-ring (bicyclic) bond motifs is 18. The lowest BCUT2D eigenvalue weighted by Crippen LogP contribution is -2.33. The predicted octanol–water partition coefficient (Wildman–Crippen LogP) is 17.6. The van der Waals surface area contributed by atoms with E-state index < -0.39 is 10.8 Å². The normalized spacial score (nSPS) is 15.4. The van der Waals surface area contributed by atoms with Crippen LogP contribution in [0.15, 0.2) is 267 Å². The molecular weight excluding hydrogens is 869 g/mol. The van der Waals surface area contributed by atoms with E-state index in [9.17, 15) is 0 Å². The van der Waals surface area contributed by atoms with Gasteiger partial charge in [0.05, 0.1) is 27.6 Å². The van der Waals surface area contributed by atoms with E-state index >= 15 is 0 Å². The third-order valence-corrected chi connectivity index (χ3v) is 16.6. The summed E-state index contributed by atoms with van der Waals surface area (Å²) in [7, 11) is 0. The topological polar surface area (TPSA) is 8.17 Å². The minimum absolute atomic E-state index is 0.588. The van der Waals surface area contributed by atoms with Gasteiger partial charge in [0.2, 0.25) is 0 Å². The molecule has 1 aromatic heterocycles. The van der Waals surface area contributed by atoms with Gasteiger partial charge in [-0.15, -0.1) is 0 Å². The van der Waals surface area contributed by atoms with Crippen molar-refractivity contribution < 1.29 is 0 Å². The van der Waals surface area contributed by atoms with Gasteiger partial charge in [-0.2, -0.15) is 0 Å². The molecule has 1 aliphatic heterocycles. The molecule has 2 nitrogen and oxygen atoms in total. The minimum Gasteiger partial charge on any atom is -0.310 e. The van der Waals surface area contributed by atoms with Crippen LogP contribution in [0.2, 0.25) is 0 Å². The highest BCUT2D eigenvalue weighted by Gasteiger charge is 2.51. The molecule has 0 radical (unpaired) electrons. The fourth-order valence-corrected chi connectivity index (χ4v) is 13.8. The fourth-order valence-electron chi connectivity index (χ4n) is 13.8. The second kappa shape index (κ2) is 14.6. The minimum atomic E-state index is -0.589. The maximum atomic E-state index is 2.54. The number of anilines is 3.